The molecular formula is C11H15N3O. The molecule has 1 rings (SSSR count). The molecule has 1 aromatic rings. The minimum atomic E-state index is -0.619. The Kier molecular flexibility index (Phi) is 3.74. The topological polar surface area (TPSA) is 81.1 Å². The predicted molar refractivity (Wildman–Crippen MR) is 59.5 cm³/mol. The number of nitrogens with two attached hydrogens (primary N) is 2. The molecule has 0 aromatic heterocycles. The number of carbonyl (C=O) groups excluding carboxylic acids is 1. The standard InChI is InChI=1S/C11H15N3O/c1-8-2-4-9(5-3-8)6-14-7-10(12)11(13)15/h2-5,7,14H,6,12H2,1H3,(H2,13,15)/b10-7-. The van der Waals surface area contributed by atoms with Crippen molar-refractivity contribution in [1.29, 1.82) is 0 Å². The molecule has 0 unspecified atom stereocenters. The summed E-state index contributed by atoms with van der Waals surface area (Å²) in [6.45, 7) is 2.65. The Balaban J connectivity index is 2.48. The summed E-state index contributed by atoms with van der Waals surface area (Å²) in [4.78, 5) is 10.6. The molecule has 1 amide bonds. The van der Waals surface area contributed by atoms with Crippen LogP contribution in [0.25, 0.3) is 0 Å². The minimum absolute atomic E-state index is 0.0297. The van der Waals surface area contributed by atoms with Gasteiger partial charge in [0.2, 0.25) is 0 Å². The zero-order chi connectivity index (χ0) is 11.3. The second-order valence-electron chi connectivity index (χ2n) is 3.33. The summed E-state index contributed by atoms with van der Waals surface area (Å²) in [5, 5.41) is 2.91. The van der Waals surface area contributed by atoms with Crippen LogP contribution in [-0.2, 0) is 11.3 Å². The van der Waals surface area contributed by atoms with E-state index in [0.717, 1.165) is 5.56 Å². The monoisotopic (exact) mass is 205 g/mol. The van der Waals surface area contributed by atoms with Gasteiger partial charge >= 0.3 is 0 Å². The smallest absolute Gasteiger partial charge is 0.266 e. The normalized spacial score (nSPS) is 11.1. The molecule has 4 heteroatoms. The van der Waals surface area contributed by atoms with Gasteiger partial charge in [0, 0.05) is 12.7 Å². The van der Waals surface area contributed by atoms with Gasteiger partial charge in [-0.15, -0.1) is 0 Å². The highest BCUT2D eigenvalue weighted by atomic mass is 16.1. The van der Waals surface area contributed by atoms with Crippen LogP contribution in [0.15, 0.2) is 36.2 Å². The molecule has 4 nitrogen and oxygen atoms in total. The van der Waals surface area contributed by atoms with Crippen LogP contribution in [0.4, 0.5) is 0 Å². The van der Waals surface area contributed by atoms with E-state index in [-0.39, 0.29) is 5.70 Å². The van der Waals surface area contributed by atoms with E-state index in [1.54, 1.807) is 0 Å². The van der Waals surface area contributed by atoms with E-state index in [2.05, 4.69) is 5.32 Å². The molecule has 5 N–H and O–H groups in total. The fourth-order valence-corrected chi connectivity index (χ4v) is 1.06. The van der Waals surface area contributed by atoms with Crippen LogP contribution in [0.5, 0.6) is 0 Å². The van der Waals surface area contributed by atoms with Crippen molar-refractivity contribution in [2.75, 3.05) is 0 Å². The maximum absolute atomic E-state index is 10.6. The van der Waals surface area contributed by atoms with Crippen molar-refractivity contribution in [3.63, 3.8) is 0 Å². The van der Waals surface area contributed by atoms with E-state index in [9.17, 15) is 4.79 Å². The lowest BCUT2D eigenvalue weighted by Crippen LogP contribution is -2.22. The quantitative estimate of drug-likeness (QED) is 0.621. The van der Waals surface area contributed by atoms with Crippen molar-refractivity contribution in [3.05, 3.63) is 47.3 Å². The van der Waals surface area contributed by atoms with Gasteiger partial charge < -0.3 is 16.8 Å². The van der Waals surface area contributed by atoms with E-state index >= 15 is 0 Å². The SMILES string of the molecule is Cc1ccc(CN/C=C(\N)C(N)=O)cc1. The predicted octanol–water partition coefficient (Wildman–Crippen LogP) is 0.370. The fraction of sp³-hybridized carbons (Fsp3) is 0.182. The lowest BCUT2D eigenvalue weighted by atomic mass is 10.1. The first-order valence-electron chi connectivity index (χ1n) is 4.64. The Morgan fingerprint density at radius 1 is 1.33 bits per heavy atom. The molecule has 0 bridgehead atoms. The minimum Gasteiger partial charge on any atom is -0.393 e. The number of rotatable bonds is 4. The second-order valence-corrected chi connectivity index (χ2v) is 3.33. The summed E-state index contributed by atoms with van der Waals surface area (Å²) in [6, 6.07) is 8.07. The largest absolute Gasteiger partial charge is 0.393 e. The zero-order valence-electron chi connectivity index (χ0n) is 8.66. The van der Waals surface area contributed by atoms with Gasteiger partial charge in [0.25, 0.3) is 5.91 Å². The molecule has 0 radical (unpaired) electrons. The Bertz CT molecular complexity index is 368. The number of hydrogen-bond donors (Lipinski definition) is 3. The molecule has 0 saturated carbocycles. The summed E-state index contributed by atoms with van der Waals surface area (Å²) < 4.78 is 0. The highest BCUT2D eigenvalue weighted by molar-refractivity contribution is 5.90. The maximum Gasteiger partial charge on any atom is 0.266 e. The maximum atomic E-state index is 10.6. The van der Waals surface area contributed by atoms with Crippen molar-refractivity contribution < 1.29 is 4.79 Å². The van der Waals surface area contributed by atoms with E-state index in [4.69, 9.17) is 11.5 Å². The highest BCUT2D eigenvalue weighted by Crippen LogP contribution is 2.02. The average molecular weight is 205 g/mol. The van der Waals surface area contributed by atoms with Gasteiger partial charge in [-0.05, 0) is 12.5 Å². The summed E-state index contributed by atoms with van der Waals surface area (Å²) in [5.74, 6) is -0.619. The van der Waals surface area contributed by atoms with E-state index in [1.165, 1.54) is 11.8 Å². The van der Waals surface area contributed by atoms with Gasteiger partial charge in [-0.3, -0.25) is 4.79 Å². The summed E-state index contributed by atoms with van der Waals surface area (Å²) in [7, 11) is 0. The van der Waals surface area contributed by atoms with Crippen LogP contribution < -0.4 is 16.8 Å². The highest BCUT2D eigenvalue weighted by Gasteiger charge is 1.96. The van der Waals surface area contributed by atoms with E-state index in [1.807, 2.05) is 31.2 Å². The number of carbonyl (C=O) groups is 1. The average Bonchev–Trinajstić information content (AvgIpc) is 2.20. The zero-order valence-corrected chi connectivity index (χ0v) is 8.66. The number of hydrogen-bond acceptors (Lipinski definition) is 3. The molecule has 0 atom stereocenters. The Hall–Kier alpha value is -1.97. The van der Waals surface area contributed by atoms with Crippen LogP contribution in [-0.4, -0.2) is 5.91 Å². The molecule has 0 aliphatic carbocycles. The van der Waals surface area contributed by atoms with Crippen molar-refractivity contribution in [3.8, 4) is 0 Å². The van der Waals surface area contributed by atoms with Gasteiger partial charge in [0.15, 0.2) is 0 Å². The number of primary amides is 1. The molecule has 0 saturated heterocycles. The van der Waals surface area contributed by atoms with Crippen molar-refractivity contribution >= 4 is 5.91 Å². The van der Waals surface area contributed by atoms with Crippen LogP contribution in [0, 0.1) is 6.92 Å². The Morgan fingerprint density at radius 3 is 2.47 bits per heavy atom. The van der Waals surface area contributed by atoms with Crippen LogP contribution in [0.3, 0.4) is 0 Å². The number of benzene rings is 1. The molecule has 0 aliphatic heterocycles. The first-order chi connectivity index (χ1) is 7.09. The van der Waals surface area contributed by atoms with Gasteiger partial charge in [-0.25, -0.2) is 0 Å². The third-order valence-electron chi connectivity index (χ3n) is 1.97. The van der Waals surface area contributed by atoms with Gasteiger partial charge in [-0.1, -0.05) is 29.8 Å². The molecule has 1 aromatic carbocycles. The first kappa shape index (κ1) is 11.1. The third kappa shape index (κ3) is 3.72. The van der Waals surface area contributed by atoms with Crippen LogP contribution in [0.1, 0.15) is 11.1 Å². The third-order valence-corrected chi connectivity index (χ3v) is 1.97. The Labute approximate surface area is 89.0 Å². The lowest BCUT2D eigenvalue weighted by Gasteiger charge is -2.02. The van der Waals surface area contributed by atoms with Crippen LogP contribution >= 0.6 is 0 Å². The van der Waals surface area contributed by atoms with Crippen molar-refractivity contribution in [1.82, 2.24) is 5.32 Å². The molecule has 0 spiro atoms. The molecule has 0 fully saturated rings. The fourth-order valence-electron chi connectivity index (χ4n) is 1.06. The summed E-state index contributed by atoms with van der Waals surface area (Å²) in [6.07, 6.45) is 1.42. The molecule has 0 heterocycles. The van der Waals surface area contributed by atoms with Crippen molar-refractivity contribution in [2.24, 2.45) is 11.5 Å². The number of amides is 1. The number of aryl methyl sites for hydroxylation is 1. The van der Waals surface area contributed by atoms with Gasteiger partial charge in [0.05, 0.1) is 0 Å². The van der Waals surface area contributed by atoms with Crippen molar-refractivity contribution in [2.45, 2.75) is 13.5 Å². The van der Waals surface area contributed by atoms with Crippen LogP contribution in [0.2, 0.25) is 0 Å². The summed E-state index contributed by atoms with van der Waals surface area (Å²) in [5.41, 5.74) is 12.7. The molecule has 15 heavy (non-hydrogen) atoms. The van der Waals surface area contributed by atoms with E-state index < -0.39 is 5.91 Å². The first-order valence-corrected chi connectivity index (χ1v) is 4.64. The molecule has 0 aliphatic rings. The van der Waals surface area contributed by atoms with Gasteiger partial charge in [-0.2, -0.15) is 0 Å². The summed E-state index contributed by atoms with van der Waals surface area (Å²) >= 11 is 0. The second kappa shape index (κ2) is 5.05. The van der Waals surface area contributed by atoms with E-state index in [0.29, 0.717) is 6.54 Å². The lowest BCUT2D eigenvalue weighted by molar-refractivity contribution is -0.114. The Morgan fingerprint density at radius 2 is 1.93 bits per heavy atom. The molecule has 80 valence electrons. The van der Waals surface area contributed by atoms with Gasteiger partial charge in [0.1, 0.15) is 5.70 Å². The molecular weight excluding hydrogens is 190 g/mol. The number of nitrogens with one attached hydrogen (secondary N) is 1.